The zero-order valence-electron chi connectivity index (χ0n) is 13.2. The van der Waals surface area contributed by atoms with Crippen LogP contribution in [0.3, 0.4) is 0 Å². The molecule has 2 fully saturated rings. The van der Waals surface area contributed by atoms with Gasteiger partial charge in [-0.2, -0.15) is 0 Å². The van der Waals surface area contributed by atoms with Crippen molar-refractivity contribution in [3.63, 3.8) is 0 Å². The number of aliphatic hydroxyl groups excluding tert-OH is 1. The highest BCUT2D eigenvalue weighted by Crippen LogP contribution is 2.33. The van der Waals surface area contributed by atoms with Crippen molar-refractivity contribution in [2.24, 2.45) is 11.8 Å². The summed E-state index contributed by atoms with van der Waals surface area (Å²) in [5.41, 5.74) is 0. The molecule has 0 amide bonds. The van der Waals surface area contributed by atoms with Crippen LogP contribution >= 0.6 is 0 Å². The Hall–Kier alpha value is -0.120. The van der Waals surface area contributed by atoms with E-state index in [0.717, 1.165) is 31.1 Å². The molecule has 1 N–H and O–H groups in total. The summed E-state index contributed by atoms with van der Waals surface area (Å²) in [6.07, 6.45) is 12.7. The summed E-state index contributed by atoms with van der Waals surface area (Å²) < 4.78 is 11.1. The first kappa shape index (κ1) is 16.3. The van der Waals surface area contributed by atoms with E-state index in [1.54, 1.807) is 7.11 Å². The van der Waals surface area contributed by atoms with Crippen molar-refractivity contribution in [2.75, 3.05) is 14.2 Å². The SMILES string of the molecule is COC1CCC(CCCC2CCC(O)CC2)CC1OC. The van der Waals surface area contributed by atoms with Gasteiger partial charge in [0, 0.05) is 14.2 Å². The fourth-order valence-corrected chi connectivity index (χ4v) is 4.09. The molecule has 0 aliphatic heterocycles. The van der Waals surface area contributed by atoms with E-state index >= 15 is 0 Å². The highest BCUT2D eigenvalue weighted by atomic mass is 16.5. The number of ether oxygens (including phenoxy) is 2. The zero-order chi connectivity index (χ0) is 14.4. The van der Waals surface area contributed by atoms with Gasteiger partial charge in [0.2, 0.25) is 0 Å². The van der Waals surface area contributed by atoms with E-state index in [-0.39, 0.29) is 6.10 Å². The maximum absolute atomic E-state index is 9.53. The van der Waals surface area contributed by atoms with Crippen molar-refractivity contribution in [2.45, 2.75) is 82.5 Å². The minimum Gasteiger partial charge on any atom is -0.393 e. The van der Waals surface area contributed by atoms with Crippen LogP contribution in [0.15, 0.2) is 0 Å². The molecule has 0 bridgehead atoms. The molecule has 0 heterocycles. The van der Waals surface area contributed by atoms with Crippen molar-refractivity contribution in [1.82, 2.24) is 0 Å². The molecule has 3 heteroatoms. The van der Waals surface area contributed by atoms with Crippen LogP contribution in [0.4, 0.5) is 0 Å². The first-order valence-corrected chi connectivity index (χ1v) is 8.46. The molecule has 3 atom stereocenters. The summed E-state index contributed by atoms with van der Waals surface area (Å²) in [7, 11) is 3.61. The van der Waals surface area contributed by atoms with E-state index in [9.17, 15) is 5.11 Å². The monoisotopic (exact) mass is 284 g/mol. The zero-order valence-corrected chi connectivity index (χ0v) is 13.2. The molecule has 118 valence electrons. The Morgan fingerprint density at radius 1 is 0.800 bits per heavy atom. The van der Waals surface area contributed by atoms with Crippen molar-refractivity contribution in [1.29, 1.82) is 0 Å². The molecule has 2 rings (SSSR count). The van der Waals surface area contributed by atoms with E-state index in [1.165, 1.54) is 44.9 Å². The molecular weight excluding hydrogens is 252 g/mol. The van der Waals surface area contributed by atoms with E-state index in [4.69, 9.17) is 9.47 Å². The summed E-state index contributed by atoms with van der Waals surface area (Å²) >= 11 is 0. The van der Waals surface area contributed by atoms with Crippen LogP contribution in [0.1, 0.15) is 64.2 Å². The summed E-state index contributed by atoms with van der Waals surface area (Å²) in [5, 5.41) is 9.53. The van der Waals surface area contributed by atoms with Crippen molar-refractivity contribution >= 4 is 0 Å². The van der Waals surface area contributed by atoms with Crippen molar-refractivity contribution in [3.8, 4) is 0 Å². The molecule has 0 aromatic carbocycles. The molecular formula is C17H32O3. The number of aliphatic hydroxyl groups is 1. The second kappa shape index (κ2) is 8.35. The van der Waals surface area contributed by atoms with E-state index in [1.807, 2.05) is 7.11 Å². The van der Waals surface area contributed by atoms with Gasteiger partial charge in [0.1, 0.15) is 0 Å². The van der Waals surface area contributed by atoms with Crippen LogP contribution in [0.5, 0.6) is 0 Å². The Morgan fingerprint density at radius 3 is 2.05 bits per heavy atom. The van der Waals surface area contributed by atoms with Gasteiger partial charge >= 0.3 is 0 Å². The third kappa shape index (κ3) is 4.71. The fraction of sp³-hybridized carbons (Fsp3) is 1.00. The van der Waals surface area contributed by atoms with Gasteiger partial charge in [0.15, 0.2) is 0 Å². The summed E-state index contributed by atoms with van der Waals surface area (Å²) in [6.45, 7) is 0. The summed E-state index contributed by atoms with van der Waals surface area (Å²) in [4.78, 5) is 0. The van der Waals surface area contributed by atoms with Crippen LogP contribution in [0.25, 0.3) is 0 Å². The van der Waals surface area contributed by atoms with Crippen LogP contribution in [-0.4, -0.2) is 37.6 Å². The van der Waals surface area contributed by atoms with E-state index in [0.29, 0.717) is 12.2 Å². The van der Waals surface area contributed by atoms with Gasteiger partial charge in [-0.3, -0.25) is 0 Å². The average Bonchev–Trinajstić information content (AvgIpc) is 2.49. The lowest BCUT2D eigenvalue weighted by Gasteiger charge is -2.34. The van der Waals surface area contributed by atoms with Crippen LogP contribution < -0.4 is 0 Å². The van der Waals surface area contributed by atoms with Gasteiger partial charge in [0.25, 0.3) is 0 Å². The molecule has 3 nitrogen and oxygen atoms in total. The largest absolute Gasteiger partial charge is 0.393 e. The van der Waals surface area contributed by atoms with Gasteiger partial charge < -0.3 is 14.6 Å². The second-order valence-corrected chi connectivity index (χ2v) is 6.83. The predicted octanol–water partition coefficient (Wildman–Crippen LogP) is 3.54. The van der Waals surface area contributed by atoms with E-state index in [2.05, 4.69) is 0 Å². The van der Waals surface area contributed by atoms with Crippen molar-refractivity contribution in [3.05, 3.63) is 0 Å². The molecule has 0 aromatic rings. The molecule has 0 aromatic heterocycles. The minimum atomic E-state index is -0.0157. The normalized spacial score (nSPS) is 38.9. The van der Waals surface area contributed by atoms with Gasteiger partial charge in [-0.25, -0.2) is 0 Å². The Kier molecular flexibility index (Phi) is 6.79. The van der Waals surface area contributed by atoms with Crippen LogP contribution in [0, 0.1) is 11.8 Å². The topological polar surface area (TPSA) is 38.7 Å². The molecule has 2 aliphatic carbocycles. The molecule has 0 radical (unpaired) electrons. The first-order valence-electron chi connectivity index (χ1n) is 8.46. The Labute approximate surface area is 124 Å². The second-order valence-electron chi connectivity index (χ2n) is 6.83. The Morgan fingerprint density at radius 2 is 1.40 bits per heavy atom. The summed E-state index contributed by atoms with van der Waals surface area (Å²) in [6, 6.07) is 0. The van der Waals surface area contributed by atoms with Crippen molar-refractivity contribution < 1.29 is 14.6 Å². The Balaban J connectivity index is 1.62. The Bertz CT molecular complexity index is 261. The number of hydrogen-bond acceptors (Lipinski definition) is 3. The highest BCUT2D eigenvalue weighted by Gasteiger charge is 2.30. The van der Waals surface area contributed by atoms with Gasteiger partial charge in [-0.15, -0.1) is 0 Å². The molecule has 20 heavy (non-hydrogen) atoms. The lowest BCUT2D eigenvalue weighted by atomic mass is 9.80. The molecule has 0 spiro atoms. The molecule has 2 aliphatic rings. The standard InChI is InChI=1S/C17H32O3/c1-19-16-11-8-14(12-17(16)20-2)5-3-4-13-6-9-15(18)10-7-13/h13-18H,3-12H2,1-2H3. The third-order valence-electron chi connectivity index (χ3n) is 5.49. The predicted molar refractivity (Wildman–Crippen MR) is 80.8 cm³/mol. The molecule has 2 saturated carbocycles. The highest BCUT2D eigenvalue weighted by molar-refractivity contribution is 4.81. The number of methoxy groups -OCH3 is 2. The first-order chi connectivity index (χ1) is 9.72. The fourth-order valence-electron chi connectivity index (χ4n) is 4.09. The lowest BCUT2D eigenvalue weighted by molar-refractivity contribution is -0.0713. The van der Waals surface area contributed by atoms with E-state index < -0.39 is 0 Å². The minimum absolute atomic E-state index is 0.0157. The van der Waals surface area contributed by atoms with Gasteiger partial charge in [0.05, 0.1) is 18.3 Å². The lowest BCUT2D eigenvalue weighted by Crippen LogP contribution is -2.36. The number of hydrogen-bond donors (Lipinski definition) is 1. The molecule has 3 unspecified atom stereocenters. The van der Waals surface area contributed by atoms with Gasteiger partial charge in [-0.05, 0) is 56.8 Å². The molecule has 0 saturated heterocycles. The quantitative estimate of drug-likeness (QED) is 0.811. The van der Waals surface area contributed by atoms with Gasteiger partial charge in [-0.1, -0.05) is 19.3 Å². The average molecular weight is 284 g/mol. The maximum Gasteiger partial charge on any atom is 0.0835 e. The summed E-state index contributed by atoms with van der Waals surface area (Å²) in [5.74, 6) is 1.69. The number of rotatable bonds is 6. The maximum atomic E-state index is 9.53. The van der Waals surface area contributed by atoms with Crippen LogP contribution in [0.2, 0.25) is 0 Å². The smallest absolute Gasteiger partial charge is 0.0835 e. The third-order valence-corrected chi connectivity index (χ3v) is 5.49. The van der Waals surface area contributed by atoms with Crippen LogP contribution in [-0.2, 0) is 9.47 Å².